The molecule has 382 valence electrons. The van der Waals surface area contributed by atoms with Crippen LogP contribution in [-0.4, -0.2) is 182 Å². The molecule has 19 heteroatoms. The monoisotopic (exact) mass is 956 g/mol. The van der Waals surface area contributed by atoms with Crippen molar-refractivity contribution in [1.29, 1.82) is 0 Å². The number of rotatable bonds is 9. The molecule has 0 spiro atoms. The first-order valence-corrected chi connectivity index (χ1v) is 24.3. The summed E-state index contributed by atoms with van der Waals surface area (Å²) in [7, 11) is 1.37. The van der Waals surface area contributed by atoms with E-state index < -0.39 is 139 Å². The molecule has 23 atom stereocenters. The molecule has 19 nitrogen and oxygen atoms in total. The summed E-state index contributed by atoms with van der Waals surface area (Å²) in [5, 5.41) is 105. The zero-order valence-electron chi connectivity index (χ0n) is 39.8. The first-order chi connectivity index (χ1) is 31.4. The first kappa shape index (κ1) is 51.4. The number of hydrogen-bond acceptors (Lipinski definition) is 19. The van der Waals surface area contributed by atoms with Crippen molar-refractivity contribution >= 4 is 11.9 Å². The molecule has 0 bridgehead atoms. The van der Waals surface area contributed by atoms with Crippen LogP contribution in [0.2, 0.25) is 0 Å². The largest absolute Gasteiger partial charge is 0.469 e. The molecule has 8 aliphatic rings. The van der Waals surface area contributed by atoms with E-state index in [1.165, 1.54) is 7.11 Å². The average Bonchev–Trinajstić information content (AvgIpc) is 3.29. The second-order valence-electron chi connectivity index (χ2n) is 22.9. The molecule has 0 radical (unpaired) electrons. The Morgan fingerprint density at radius 3 is 1.99 bits per heavy atom. The van der Waals surface area contributed by atoms with Crippen molar-refractivity contribution in [3.05, 3.63) is 11.6 Å². The molecular formula is C48H76O19. The number of aliphatic hydroxyl groups is 10. The quantitative estimate of drug-likeness (QED) is 0.0822. The molecular weight excluding hydrogens is 881 g/mol. The van der Waals surface area contributed by atoms with Crippen molar-refractivity contribution in [2.45, 2.75) is 198 Å². The van der Waals surface area contributed by atoms with E-state index in [2.05, 4.69) is 40.7 Å². The summed E-state index contributed by atoms with van der Waals surface area (Å²) < 4.78 is 40.9. The Balaban J connectivity index is 1.05. The molecule has 67 heavy (non-hydrogen) atoms. The van der Waals surface area contributed by atoms with Crippen LogP contribution in [0, 0.1) is 50.2 Å². The minimum Gasteiger partial charge on any atom is -0.469 e. The summed E-state index contributed by atoms with van der Waals surface area (Å²) in [6.45, 7) is 11.6. The van der Waals surface area contributed by atoms with Crippen LogP contribution in [0.1, 0.15) is 106 Å². The molecule has 8 rings (SSSR count). The van der Waals surface area contributed by atoms with Crippen LogP contribution in [0.5, 0.6) is 0 Å². The van der Waals surface area contributed by atoms with E-state index in [1.54, 1.807) is 0 Å². The lowest BCUT2D eigenvalue weighted by atomic mass is 9.33. The van der Waals surface area contributed by atoms with Crippen LogP contribution < -0.4 is 0 Å². The zero-order chi connectivity index (χ0) is 49.0. The van der Waals surface area contributed by atoms with Crippen molar-refractivity contribution in [2.24, 2.45) is 50.2 Å². The van der Waals surface area contributed by atoms with Gasteiger partial charge in [-0.2, -0.15) is 0 Å². The van der Waals surface area contributed by atoms with Crippen molar-refractivity contribution in [2.75, 3.05) is 26.9 Å². The second-order valence-corrected chi connectivity index (χ2v) is 22.9. The number of carbonyl (C=O) groups excluding carboxylic acids is 2. The summed E-state index contributed by atoms with van der Waals surface area (Å²) in [6, 6.07) is 0. The van der Waals surface area contributed by atoms with Gasteiger partial charge in [-0.1, -0.05) is 46.3 Å². The van der Waals surface area contributed by atoms with Crippen LogP contribution in [0.15, 0.2) is 11.6 Å². The Kier molecular flexibility index (Phi) is 14.0. The van der Waals surface area contributed by atoms with Crippen LogP contribution >= 0.6 is 0 Å². The highest BCUT2D eigenvalue weighted by atomic mass is 16.7. The number of fused-ring (bicyclic) bond motifs is 7. The molecule has 3 heterocycles. The molecule has 10 N–H and O–H groups in total. The Hall–Kier alpha value is -1.92. The predicted molar refractivity (Wildman–Crippen MR) is 231 cm³/mol. The maximum atomic E-state index is 14.8. The van der Waals surface area contributed by atoms with Gasteiger partial charge in [-0.25, -0.2) is 0 Å². The number of aliphatic hydroxyl groups excluding tert-OH is 10. The number of allylic oxidation sites excluding steroid dienone is 2. The van der Waals surface area contributed by atoms with Crippen molar-refractivity contribution in [1.82, 2.24) is 0 Å². The second kappa shape index (κ2) is 18.3. The van der Waals surface area contributed by atoms with E-state index in [9.17, 15) is 60.7 Å². The van der Waals surface area contributed by atoms with E-state index in [0.29, 0.717) is 44.9 Å². The van der Waals surface area contributed by atoms with Crippen LogP contribution in [-0.2, 0) is 42.7 Å². The van der Waals surface area contributed by atoms with Crippen LogP contribution in [0.3, 0.4) is 0 Å². The molecule has 3 aliphatic heterocycles. The topological polar surface area (TPSA) is 301 Å². The summed E-state index contributed by atoms with van der Waals surface area (Å²) in [4.78, 5) is 28.3. The number of methoxy groups -OCH3 is 1. The number of hydrogen-bond donors (Lipinski definition) is 10. The fraction of sp³-hybridized carbons (Fsp3) is 0.917. The molecule has 0 aromatic carbocycles. The Morgan fingerprint density at radius 1 is 0.672 bits per heavy atom. The first-order valence-electron chi connectivity index (χ1n) is 24.3. The molecule has 0 aromatic rings. The van der Waals surface area contributed by atoms with Gasteiger partial charge in [-0.3, -0.25) is 9.59 Å². The van der Waals surface area contributed by atoms with Crippen molar-refractivity contribution in [3.8, 4) is 0 Å². The molecule has 5 aliphatic carbocycles. The van der Waals surface area contributed by atoms with Crippen LogP contribution in [0.25, 0.3) is 0 Å². The SMILES string of the molecule is COC(=O)C1(C)CCC2(C(=O)OC3OC(CO)C(O)C(O)C3O)CCC3(C)C(=CCC4C5(C)CCC(OC6OC(CO)C(O)C(OC7OCC(O)C(O)C7O)C6O)C(C)(C)C5CCC43C)C2C1. The lowest BCUT2D eigenvalue weighted by Crippen LogP contribution is -2.67. The maximum Gasteiger partial charge on any atom is 0.315 e. The lowest BCUT2D eigenvalue weighted by Gasteiger charge is -2.71. The number of esters is 2. The smallest absolute Gasteiger partial charge is 0.315 e. The third-order valence-electron chi connectivity index (χ3n) is 19.4. The third-order valence-corrected chi connectivity index (χ3v) is 19.4. The van der Waals surface area contributed by atoms with E-state index in [0.717, 1.165) is 24.8 Å². The normalized spacial score (nSPS) is 52.9. The van der Waals surface area contributed by atoms with E-state index in [4.69, 9.17) is 33.2 Å². The number of carbonyl (C=O) groups is 2. The van der Waals surface area contributed by atoms with Crippen LogP contribution in [0.4, 0.5) is 0 Å². The third kappa shape index (κ3) is 7.97. The van der Waals surface area contributed by atoms with Crippen molar-refractivity contribution < 1.29 is 93.8 Å². The van der Waals surface area contributed by atoms with Gasteiger partial charge in [0, 0.05) is 0 Å². The average molecular weight is 957 g/mol. The van der Waals surface area contributed by atoms with Gasteiger partial charge in [0.15, 0.2) is 12.6 Å². The van der Waals surface area contributed by atoms with E-state index in [1.807, 2.05) is 6.92 Å². The summed E-state index contributed by atoms with van der Waals surface area (Å²) in [5.41, 5.74) is -2.25. The van der Waals surface area contributed by atoms with Gasteiger partial charge in [-0.05, 0) is 111 Å². The van der Waals surface area contributed by atoms with Gasteiger partial charge in [0.1, 0.15) is 67.1 Å². The van der Waals surface area contributed by atoms with Crippen molar-refractivity contribution in [3.63, 3.8) is 0 Å². The summed E-state index contributed by atoms with van der Waals surface area (Å²) in [6.07, 6.45) is -13.6. The van der Waals surface area contributed by atoms with Gasteiger partial charge >= 0.3 is 11.9 Å². The Morgan fingerprint density at radius 2 is 1.31 bits per heavy atom. The highest BCUT2D eigenvalue weighted by molar-refractivity contribution is 5.81. The Bertz CT molecular complexity index is 1860. The maximum absolute atomic E-state index is 14.8. The minimum absolute atomic E-state index is 0.134. The standard InChI is InChI=1S/C48H76O19/c1-43(2)27-10-13-47(6)28(45(27,4)12-11-29(43)65-40-36(58)37(32(54)26(20-50)64-40)66-38-34(56)30(52)24(51)21-62-38)9-8-22-23-18-44(3,41(59)61-7)14-16-48(23,17-15-46(22,47)5)42(60)67-39-35(57)33(55)31(53)25(19-49)63-39/h8,23-40,49-58H,9-21H2,1-7H3. The van der Waals surface area contributed by atoms with Gasteiger partial charge in [0.25, 0.3) is 0 Å². The fourth-order valence-corrected chi connectivity index (χ4v) is 15.0. The summed E-state index contributed by atoms with van der Waals surface area (Å²) >= 11 is 0. The highest BCUT2D eigenvalue weighted by Gasteiger charge is 2.71. The van der Waals surface area contributed by atoms with Gasteiger partial charge in [0.2, 0.25) is 6.29 Å². The Labute approximate surface area is 391 Å². The minimum atomic E-state index is -1.76. The van der Waals surface area contributed by atoms with Gasteiger partial charge in [-0.15, -0.1) is 0 Å². The molecule has 23 unspecified atom stereocenters. The van der Waals surface area contributed by atoms with E-state index >= 15 is 0 Å². The number of ether oxygens (including phenoxy) is 7. The van der Waals surface area contributed by atoms with Gasteiger partial charge in [0.05, 0.1) is 43.9 Å². The molecule has 0 aromatic heterocycles. The predicted octanol–water partition coefficient (Wildman–Crippen LogP) is -0.0673. The molecule has 7 fully saturated rings. The molecule has 4 saturated carbocycles. The fourth-order valence-electron chi connectivity index (χ4n) is 15.0. The highest BCUT2D eigenvalue weighted by Crippen LogP contribution is 2.76. The van der Waals surface area contributed by atoms with E-state index in [-0.39, 0.29) is 35.2 Å². The van der Waals surface area contributed by atoms with Gasteiger partial charge < -0.3 is 84.2 Å². The summed E-state index contributed by atoms with van der Waals surface area (Å²) in [5.74, 6) is -1.10. The zero-order valence-corrected chi connectivity index (χ0v) is 39.8. The lowest BCUT2D eigenvalue weighted by molar-refractivity contribution is -0.361. The molecule has 0 amide bonds. The molecule has 3 saturated heterocycles.